The first-order valence-corrected chi connectivity index (χ1v) is 8.87. The number of nitrogens with two attached hydrogens (primary N) is 2. The Bertz CT molecular complexity index is 542. The summed E-state index contributed by atoms with van der Waals surface area (Å²) in [5, 5.41) is 10.7. The number of hydrogen-bond acceptors (Lipinski definition) is 6. The SMILES string of the molecule is COC1(C(=O)N(N)C(=O)C(O)[C@H](N)CC2CCCCC2)C=CC=CC1. The van der Waals surface area contributed by atoms with Gasteiger partial charge in [0.05, 0.1) is 0 Å². The Balaban J connectivity index is 1.98. The van der Waals surface area contributed by atoms with Gasteiger partial charge in [0.15, 0.2) is 5.60 Å². The molecule has 0 aromatic heterocycles. The van der Waals surface area contributed by atoms with Gasteiger partial charge < -0.3 is 15.6 Å². The van der Waals surface area contributed by atoms with Crippen LogP contribution in [0.4, 0.5) is 0 Å². The number of hydrazine groups is 1. The van der Waals surface area contributed by atoms with Crippen molar-refractivity contribution in [2.45, 2.75) is 62.7 Å². The van der Waals surface area contributed by atoms with Crippen molar-refractivity contribution in [3.8, 4) is 0 Å². The number of nitrogens with zero attached hydrogens (tertiary/aromatic N) is 1. The van der Waals surface area contributed by atoms with Crippen LogP contribution in [0.25, 0.3) is 0 Å². The number of aliphatic hydroxyl groups excluding tert-OH is 1. The lowest BCUT2D eigenvalue weighted by molar-refractivity contribution is -0.162. The van der Waals surface area contributed by atoms with Gasteiger partial charge in [-0.15, -0.1) is 0 Å². The highest BCUT2D eigenvalue weighted by Crippen LogP contribution is 2.28. The van der Waals surface area contributed by atoms with Gasteiger partial charge in [0.1, 0.15) is 6.10 Å². The third-order valence-corrected chi connectivity index (χ3v) is 5.21. The lowest BCUT2D eigenvalue weighted by Crippen LogP contribution is -2.59. The maximum Gasteiger partial charge on any atom is 0.280 e. The van der Waals surface area contributed by atoms with Gasteiger partial charge in [0.25, 0.3) is 11.8 Å². The van der Waals surface area contributed by atoms with Crippen LogP contribution in [0.3, 0.4) is 0 Å². The number of carbonyl (C=O) groups is 2. The Morgan fingerprint density at radius 3 is 2.56 bits per heavy atom. The number of carbonyl (C=O) groups excluding carboxylic acids is 2. The number of hydrogen-bond donors (Lipinski definition) is 3. The third-order valence-electron chi connectivity index (χ3n) is 5.21. The molecular formula is C18H29N3O4. The summed E-state index contributed by atoms with van der Waals surface area (Å²) in [5.74, 6) is 4.50. The maximum atomic E-state index is 12.6. The van der Waals surface area contributed by atoms with Crippen molar-refractivity contribution in [1.29, 1.82) is 0 Å². The fourth-order valence-corrected chi connectivity index (χ4v) is 3.56. The highest BCUT2D eigenvalue weighted by Gasteiger charge is 2.42. The zero-order valence-electron chi connectivity index (χ0n) is 14.8. The van der Waals surface area contributed by atoms with Crippen molar-refractivity contribution < 1.29 is 19.4 Å². The molecule has 2 aliphatic rings. The minimum Gasteiger partial charge on any atom is -0.382 e. The number of allylic oxidation sites excluding steroid dienone is 2. The van der Waals surface area contributed by atoms with Crippen molar-refractivity contribution in [2.24, 2.45) is 17.5 Å². The predicted molar refractivity (Wildman–Crippen MR) is 93.9 cm³/mol. The molecule has 25 heavy (non-hydrogen) atoms. The van der Waals surface area contributed by atoms with Crippen molar-refractivity contribution in [3.05, 3.63) is 24.3 Å². The van der Waals surface area contributed by atoms with E-state index in [1.54, 1.807) is 24.3 Å². The number of imide groups is 1. The highest BCUT2D eigenvalue weighted by atomic mass is 16.5. The van der Waals surface area contributed by atoms with Crippen molar-refractivity contribution >= 4 is 11.8 Å². The van der Waals surface area contributed by atoms with Crippen LogP contribution in [-0.2, 0) is 14.3 Å². The Morgan fingerprint density at radius 1 is 1.32 bits per heavy atom. The standard InChI is InChI=1S/C18H29N3O4/c1-25-18(10-6-3-7-11-18)17(24)21(20)16(23)15(22)14(19)12-13-8-4-2-5-9-13/h3,6-7,10,13-15,22H,2,4-5,8-9,11-12,19-20H2,1H3/t14-,15?,18?/m1/s1. The van der Waals surface area contributed by atoms with Crippen LogP contribution >= 0.6 is 0 Å². The molecule has 3 atom stereocenters. The molecule has 0 aromatic rings. The first-order valence-electron chi connectivity index (χ1n) is 8.87. The van der Waals surface area contributed by atoms with Crippen molar-refractivity contribution in [2.75, 3.05) is 7.11 Å². The number of rotatable bonds is 6. The Hall–Kier alpha value is -1.54. The molecule has 7 heteroatoms. The minimum atomic E-state index is -1.51. The van der Waals surface area contributed by atoms with E-state index in [-0.39, 0.29) is 6.42 Å². The number of aliphatic hydroxyl groups is 1. The van der Waals surface area contributed by atoms with Gasteiger partial charge >= 0.3 is 0 Å². The van der Waals surface area contributed by atoms with Crippen LogP contribution in [0.15, 0.2) is 24.3 Å². The van der Waals surface area contributed by atoms with E-state index in [1.165, 1.54) is 13.5 Å². The van der Waals surface area contributed by atoms with E-state index in [0.717, 1.165) is 25.7 Å². The average Bonchev–Trinajstić information content (AvgIpc) is 2.66. The van der Waals surface area contributed by atoms with Gasteiger partial charge in [-0.1, -0.05) is 50.3 Å². The van der Waals surface area contributed by atoms with Gasteiger partial charge in [0.2, 0.25) is 0 Å². The minimum absolute atomic E-state index is 0.268. The van der Waals surface area contributed by atoms with Gasteiger partial charge in [-0.25, -0.2) is 10.9 Å². The third kappa shape index (κ3) is 4.55. The van der Waals surface area contributed by atoms with Crippen LogP contribution in [-0.4, -0.2) is 46.8 Å². The monoisotopic (exact) mass is 351 g/mol. The number of methoxy groups -OCH3 is 1. The number of amides is 2. The van der Waals surface area contributed by atoms with Crippen molar-refractivity contribution in [1.82, 2.24) is 5.01 Å². The molecular weight excluding hydrogens is 322 g/mol. The topological polar surface area (TPSA) is 119 Å². The van der Waals surface area contributed by atoms with Crippen LogP contribution in [0.2, 0.25) is 0 Å². The molecule has 2 unspecified atom stereocenters. The van der Waals surface area contributed by atoms with Crippen LogP contribution in [0.5, 0.6) is 0 Å². The van der Waals surface area contributed by atoms with Gasteiger partial charge in [-0.3, -0.25) is 9.59 Å². The highest BCUT2D eigenvalue weighted by molar-refractivity contribution is 6.01. The molecule has 2 aliphatic carbocycles. The molecule has 2 amide bonds. The van der Waals surface area contributed by atoms with Gasteiger partial charge in [0, 0.05) is 19.6 Å². The average molecular weight is 351 g/mol. The maximum absolute atomic E-state index is 12.6. The molecule has 0 heterocycles. The van der Waals surface area contributed by atoms with E-state index >= 15 is 0 Å². The molecule has 0 saturated heterocycles. The smallest absolute Gasteiger partial charge is 0.280 e. The molecule has 0 spiro atoms. The Labute approximate surface area is 148 Å². The Morgan fingerprint density at radius 2 is 2.00 bits per heavy atom. The summed E-state index contributed by atoms with van der Waals surface area (Å²) in [6.07, 6.45) is 11.7. The lowest BCUT2D eigenvalue weighted by Gasteiger charge is -2.33. The molecule has 2 rings (SSSR count). The predicted octanol–water partition coefficient (Wildman–Crippen LogP) is 0.775. The molecule has 0 radical (unpaired) electrons. The first-order chi connectivity index (χ1) is 11.9. The molecule has 1 saturated carbocycles. The second-order valence-electron chi connectivity index (χ2n) is 6.95. The van der Waals surface area contributed by atoms with E-state index in [0.29, 0.717) is 17.3 Å². The van der Waals surface area contributed by atoms with E-state index in [1.807, 2.05) is 0 Å². The summed E-state index contributed by atoms with van der Waals surface area (Å²) >= 11 is 0. The summed E-state index contributed by atoms with van der Waals surface area (Å²) in [7, 11) is 1.38. The molecule has 1 fully saturated rings. The zero-order valence-corrected chi connectivity index (χ0v) is 14.8. The van der Waals surface area contributed by atoms with Crippen LogP contribution in [0.1, 0.15) is 44.9 Å². The van der Waals surface area contributed by atoms with Gasteiger partial charge in [-0.2, -0.15) is 0 Å². The summed E-state index contributed by atoms with van der Waals surface area (Å²) in [6.45, 7) is 0. The lowest BCUT2D eigenvalue weighted by atomic mass is 9.84. The van der Waals surface area contributed by atoms with E-state index in [2.05, 4.69) is 0 Å². The molecule has 0 aromatic carbocycles. The molecule has 140 valence electrons. The van der Waals surface area contributed by atoms with E-state index < -0.39 is 29.6 Å². The summed E-state index contributed by atoms with van der Waals surface area (Å²) in [4.78, 5) is 25.0. The number of ether oxygens (including phenoxy) is 1. The van der Waals surface area contributed by atoms with E-state index in [4.69, 9.17) is 16.3 Å². The molecule has 7 nitrogen and oxygen atoms in total. The van der Waals surface area contributed by atoms with E-state index in [9.17, 15) is 14.7 Å². The summed E-state index contributed by atoms with van der Waals surface area (Å²) in [5.41, 5.74) is 4.68. The second-order valence-corrected chi connectivity index (χ2v) is 6.95. The second kappa shape index (κ2) is 8.71. The molecule has 0 aliphatic heterocycles. The largest absolute Gasteiger partial charge is 0.382 e. The summed E-state index contributed by atoms with van der Waals surface area (Å²) in [6, 6.07) is -0.741. The molecule has 0 bridgehead atoms. The zero-order chi connectivity index (χ0) is 18.4. The van der Waals surface area contributed by atoms with Crippen molar-refractivity contribution in [3.63, 3.8) is 0 Å². The normalized spacial score (nSPS) is 26.2. The molecule has 5 N–H and O–H groups in total. The van der Waals surface area contributed by atoms with Crippen LogP contribution in [0, 0.1) is 5.92 Å². The first kappa shape index (κ1) is 19.8. The fourth-order valence-electron chi connectivity index (χ4n) is 3.56. The van der Waals surface area contributed by atoms with Gasteiger partial charge in [-0.05, 0) is 18.4 Å². The summed E-state index contributed by atoms with van der Waals surface area (Å²) < 4.78 is 5.30. The quantitative estimate of drug-likeness (QED) is 0.369. The van der Waals surface area contributed by atoms with Crippen LogP contribution < -0.4 is 11.6 Å². The fraction of sp³-hybridized carbons (Fsp3) is 0.667. The Kier molecular flexibility index (Phi) is 6.89.